The van der Waals surface area contributed by atoms with Gasteiger partial charge in [0.2, 0.25) is 0 Å². The molecule has 0 spiro atoms. The predicted molar refractivity (Wildman–Crippen MR) is 96.8 cm³/mol. The van der Waals surface area contributed by atoms with E-state index in [0.29, 0.717) is 5.75 Å². The largest absolute Gasteiger partial charge is 0.507 e. The van der Waals surface area contributed by atoms with Gasteiger partial charge < -0.3 is 5.11 Å². The van der Waals surface area contributed by atoms with Crippen LogP contribution in [0.4, 0.5) is 0 Å². The fraction of sp³-hybridized carbons (Fsp3) is 0.684. The molecular formula is C19H34BO. The molecule has 0 saturated heterocycles. The second kappa shape index (κ2) is 12.8. The van der Waals surface area contributed by atoms with Crippen molar-refractivity contribution in [1.82, 2.24) is 0 Å². The van der Waals surface area contributed by atoms with E-state index in [1.165, 1.54) is 31.0 Å². The summed E-state index contributed by atoms with van der Waals surface area (Å²) in [6.45, 7) is 10.8. The summed E-state index contributed by atoms with van der Waals surface area (Å²) in [6, 6.07) is 4.25. The molecule has 1 radical (unpaired) electrons. The van der Waals surface area contributed by atoms with E-state index in [1.807, 2.05) is 0 Å². The highest BCUT2D eigenvalue weighted by Gasteiger charge is 2.07. The molecule has 0 saturated carbocycles. The number of aryl methyl sites for hydroxylation is 3. The molecule has 0 unspecified atom stereocenters. The molecule has 1 rings (SSSR count). The zero-order chi connectivity index (χ0) is 16.1. The van der Waals surface area contributed by atoms with E-state index < -0.39 is 0 Å². The Morgan fingerprint density at radius 1 is 0.857 bits per heavy atom. The number of aromatic hydroxyl groups is 1. The molecule has 1 N–H and O–H groups in total. The third-order valence-corrected chi connectivity index (χ3v) is 3.59. The summed E-state index contributed by atoms with van der Waals surface area (Å²) in [7, 11) is 2.25. The van der Waals surface area contributed by atoms with Gasteiger partial charge in [-0.1, -0.05) is 70.9 Å². The van der Waals surface area contributed by atoms with E-state index in [4.69, 9.17) is 0 Å². The van der Waals surface area contributed by atoms with Crippen molar-refractivity contribution in [2.24, 2.45) is 0 Å². The first-order chi connectivity index (χ1) is 10.1. The minimum atomic E-state index is 0.549. The van der Waals surface area contributed by atoms with Crippen LogP contribution < -0.4 is 0 Å². The smallest absolute Gasteiger partial charge is 0.121 e. The molecule has 0 aliphatic heterocycles. The summed E-state index contributed by atoms with van der Waals surface area (Å²) in [4.78, 5) is 0. The van der Waals surface area contributed by atoms with Crippen LogP contribution >= 0.6 is 0 Å². The lowest BCUT2D eigenvalue weighted by Gasteiger charge is -2.11. The van der Waals surface area contributed by atoms with Crippen molar-refractivity contribution in [3.8, 4) is 5.75 Å². The maximum Gasteiger partial charge on any atom is 0.121 e. The second-order valence-corrected chi connectivity index (χ2v) is 5.74. The molecule has 0 heterocycles. The van der Waals surface area contributed by atoms with E-state index in [-0.39, 0.29) is 0 Å². The lowest BCUT2D eigenvalue weighted by atomic mass is 9.73. The predicted octanol–water partition coefficient (Wildman–Crippen LogP) is 5.95. The van der Waals surface area contributed by atoms with E-state index in [0.717, 1.165) is 36.8 Å². The molecule has 1 aromatic carbocycles. The number of phenolic OH excluding ortho intramolecular Hbond substituents is 1. The van der Waals surface area contributed by atoms with Crippen LogP contribution in [-0.4, -0.2) is 12.4 Å². The summed E-state index contributed by atoms with van der Waals surface area (Å²) in [5, 5.41) is 10.2. The molecule has 0 aliphatic rings. The topological polar surface area (TPSA) is 20.2 Å². The van der Waals surface area contributed by atoms with E-state index >= 15 is 0 Å². The fourth-order valence-electron chi connectivity index (χ4n) is 2.34. The van der Waals surface area contributed by atoms with Crippen molar-refractivity contribution in [2.45, 2.75) is 85.8 Å². The Kier molecular flexibility index (Phi) is 12.2. The third-order valence-electron chi connectivity index (χ3n) is 3.59. The summed E-state index contributed by atoms with van der Waals surface area (Å²) in [5.41, 5.74) is 3.54. The normalized spacial score (nSPS) is 9.95. The van der Waals surface area contributed by atoms with Gasteiger partial charge >= 0.3 is 0 Å². The first-order valence-electron chi connectivity index (χ1n) is 8.73. The van der Waals surface area contributed by atoms with Crippen LogP contribution in [0.2, 0.25) is 12.6 Å². The maximum atomic E-state index is 10.2. The Bertz CT molecular complexity index is 343. The van der Waals surface area contributed by atoms with E-state index in [9.17, 15) is 5.11 Å². The Balaban J connectivity index is 0.000000690. The highest BCUT2D eigenvalue weighted by molar-refractivity contribution is 6.34. The molecule has 2 heteroatoms. The number of hydrogen-bond acceptors (Lipinski definition) is 1. The zero-order valence-electron chi connectivity index (χ0n) is 14.8. The van der Waals surface area contributed by atoms with Crippen LogP contribution in [0.5, 0.6) is 5.75 Å². The fourth-order valence-corrected chi connectivity index (χ4v) is 2.34. The van der Waals surface area contributed by atoms with Gasteiger partial charge in [-0.3, -0.25) is 0 Å². The minimum absolute atomic E-state index is 0.549. The molecule has 21 heavy (non-hydrogen) atoms. The van der Waals surface area contributed by atoms with Gasteiger partial charge in [0.1, 0.15) is 13.0 Å². The standard InChI is InChI=1S/C15H24O.C4H10B/c1-4-6-8-13-10-12(3)11-14(15(13)16)9-7-5-2;1-3-5-4-2/h10-11,16H,4-9H2,1-3H3;3-4H2,1-2H3. The van der Waals surface area contributed by atoms with Gasteiger partial charge in [0.25, 0.3) is 0 Å². The van der Waals surface area contributed by atoms with Gasteiger partial charge in [0.05, 0.1) is 0 Å². The SMILES string of the molecule is CCCCc1cc(C)cc(CCCC)c1O.CC[B]CC. The van der Waals surface area contributed by atoms with Gasteiger partial charge in [0.15, 0.2) is 0 Å². The molecule has 0 amide bonds. The molecule has 1 nitrogen and oxygen atoms in total. The van der Waals surface area contributed by atoms with Crippen LogP contribution in [-0.2, 0) is 12.8 Å². The Labute approximate surface area is 133 Å². The number of hydrogen-bond donors (Lipinski definition) is 1. The van der Waals surface area contributed by atoms with Crippen molar-refractivity contribution in [1.29, 1.82) is 0 Å². The quantitative estimate of drug-likeness (QED) is 0.586. The molecule has 0 aromatic heterocycles. The first-order valence-corrected chi connectivity index (χ1v) is 8.73. The highest BCUT2D eigenvalue weighted by atomic mass is 16.3. The summed E-state index contributed by atoms with van der Waals surface area (Å²) >= 11 is 0. The number of rotatable bonds is 8. The van der Waals surface area contributed by atoms with Crippen molar-refractivity contribution >= 4 is 7.28 Å². The molecule has 0 bridgehead atoms. The molecule has 1 aromatic rings. The molecule has 0 fully saturated rings. The average Bonchev–Trinajstić information content (AvgIpc) is 2.47. The third kappa shape index (κ3) is 8.85. The number of benzene rings is 1. The highest BCUT2D eigenvalue weighted by Crippen LogP contribution is 2.27. The first kappa shape index (κ1) is 20.1. The molecule has 0 atom stereocenters. The lowest BCUT2D eigenvalue weighted by Crippen LogP contribution is -1.94. The zero-order valence-corrected chi connectivity index (χ0v) is 14.8. The molecule has 119 valence electrons. The van der Waals surface area contributed by atoms with Crippen molar-refractivity contribution in [3.05, 3.63) is 28.8 Å². The molecular weight excluding hydrogens is 255 g/mol. The minimum Gasteiger partial charge on any atom is -0.507 e. The number of phenols is 1. The van der Waals surface area contributed by atoms with Crippen LogP contribution in [0.3, 0.4) is 0 Å². The van der Waals surface area contributed by atoms with Crippen LogP contribution in [0, 0.1) is 6.92 Å². The van der Waals surface area contributed by atoms with Crippen molar-refractivity contribution in [2.75, 3.05) is 0 Å². The van der Waals surface area contributed by atoms with Gasteiger partial charge in [0, 0.05) is 0 Å². The Hall–Kier alpha value is -0.915. The summed E-state index contributed by atoms with van der Waals surface area (Å²) in [6.07, 6.45) is 9.11. The van der Waals surface area contributed by atoms with Gasteiger partial charge in [-0.25, -0.2) is 0 Å². The van der Waals surface area contributed by atoms with E-state index in [2.05, 4.69) is 54.0 Å². The van der Waals surface area contributed by atoms with Gasteiger partial charge in [-0.05, 0) is 43.7 Å². The van der Waals surface area contributed by atoms with Crippen LogP contribution in [0.1, 0.15) is 70.1 Å². The Morgan fingerprint density at radius 3 is 1.57 bits per heavy atom. The monoisotopic (exact) mass is 289 g/mol. The van der Waals surface area contributed by atoms with Crippen molar-refractivity contribution < 1.29 is 5.11 Å². The van der Waals surface area contributed by atoms with Gasteiger partial charge in [-0.2, -0.15) is 0 Å². The lowest BCUT2D eigenvalue weighted by molar-refractivity contribution is 0.458. The molecule has 0 aliphatic carbocycles. The average molecular weight is 289 g/mol. The van der Waals surface area contributed by atoms with Gasteiger partial charge in [-0.15, -0.1) is 0 Å². The second-order valence-electron chi connectivity index (χ2n) is 5.74. The van der Waals surface area contributed by atoms with Crippen molar-refractivity contribution in [3.63, 3.8) is 0 Å². The van der Waals surface area contributed by atoms with Crippen LogP contribution in [0.25, 0.3) is 0 Å². The summed E-state index contributed by atoms with van der Waals surface area (Å²) in [5.74, 6) is 0.549. The van der Waals surface area contributed by atoms with E-state index in [1.54, 1.807) is 0 Å². The van der Waals surface area contributed by atoms with Crippen LogP contribution in [0.15, 0.2) is 12.1 Å². The number of unbranched alkanes of at least 4 members (excludes halogenated alkanes) is 2. The summed E-state index contributed by atoms with van der Waals surface area (Å²) < 4.78 is 0. The maximum absolute atomic E-state index is 10.2. The Morgan fingerprint density at radius 2 is 1.29 bits per heavy atom.